The molecule has 25 heavy (non-hydrogen) atoms. The molecule has 1 aliphatic heterocycles. The van der Waals surface area contributed by atoms with E-state index in [1.165, 1.54) is 10.4 Å². The van der Waals surface area contributed by atoms with Gasteiger partial charge in [-0.15, -0.1) is 35.3 Å². The van der Waals surface area contributed by atoms with E-state index in [1.807, 2.05) is 12.1 Å². The van der Waals surface area contributed by atoms with Crippen LogP contribution in [0.1, 0.15) is 22.9 Å². The van der Waals surface area contributed by atoms with Crippen LogP contribution in [-0.4, -0.2) is 25.7 Å². The van der Waals surface area contributed by atoms with Gasteiger partial charge in [-0.3, -0.25) is 0 Å². The monoisotopic (exact) mass is 473 g/mol. The van der Waals surface area contributed by atoms with Gasteiger partial charge in [0.15, 0.2) is 5.96 Å². The number of fused-ring (bicyclic) bond motifs is 1. The number of guanidine groups is 1. The first-order chi connectivity index (χ1) is 11.7. The molecular formula is C18H24IN3O2S. The fourth-order valence-corrected chi connectivity index (χ4v) is 3.50. The fraction of sp³-hybridized carbons (Fsp3) is 0.389. The molecule has 2 heterocycles. The van der Waals surface area contributed by atoms with E-state index < -0.39 is 0 Å². The molecular weight excluding hydrogens is 449 g/mol. The number of nitrogens with two attached hydrogens (primary N) is 1. The van der Waals surface area contributed by atoms with Crippen molar-refractivity contribution in [2.45, 2.75) is 32.4 Å². The van der Waals surface area contributed by atoms with Gasteiger partial charge < -0.3 is 20.5 Å². The lowest BCUT2D eigenvalue weighted by molar-refractivity contribution is 0.254. The van der Waals surface area contributed by atoms with E-state index in [2.05, 4.69) is 34.7 Å². The Balaban J connectivity index is 0.00000225. The number of aliphatic imine (C=N–C) groups is 1. The Morgan fingerprint density at radius 3 is 3.04 bits per heavy atom. The zero-order valence-corrected chi connectivity index (χ0v) is 17.6. The van der Waals surface area contributed by atoms with Crippen molar-refractivity contribution in [1.82, 2.24) is 5.32 Å². The van der Waals surface area contributed by atoms with Crippen molar-refractivity contribution in [3.8, 4) is 11.5 Å². The van der Waals surface area contributed by atoms with Crippen molar-refractivity contribution in [2.24, 2.45) is 10.7 Å². The number of nitrogens with zero attached hydrogens (tertiary/aromatic N) is 1. The van der Waals surface area contributed by atoms with Crippen LogP contribution in [0.3, 0.4) is 0 Å². The molecule has 5 nitrogen and oxygen atoms in total. The summed E-state index contributed by atoms with van der Waals surface area (Å²) < 4.78 is 11.3. The summed E-state index contributed by atoms with van der Waals surface area (Å²) in [5.74, 6) is 2.21. The van der Waals surface area contributed by atoms with Crippen LogP contribution in [0.25, 0.3) is 0 Å². The van der Waals surface area contributed by atoms with Crippen LogP contribution < -0.4 is 20.5 Å². The van der Waals surface area contributed by atoms with Gasteiger partial charge in [0.2, 0.25) is 0 Å². The molecule has 0 amide bonds. The van der Waals surface area contributed by atoms with Gasteiger partial charge in [0.25, 0.3) is 0 Å². The number of nitrogens with one attached hydrogen (secondary N) is 1. The van der Waals surface area contributed by atoms with E-state index in [4.69, 9.17) is 15.2 Å². The van der Waals surface area contributed by atoms with Crippen molar-refractivity contribution in [1.29, 1.82) is 0 Å². The van der Waals surface area contributed by atoms with E-state index in [0.29, 0.717) is 12.5 Å². The van der Waals surface area contributed by atoms with Gasteiger partial charge in [0, 0.05) is 29.0 Å². The van der Waals surface area contributed by atoms with Crippen LogP contribution in [0.5, 0.6) is 11.5 Å². The zero-order valence-electron chi connectivity index (χ0n) is 14.5. The summed E-state index contributed by atoms with van der Waals surface area (Å²) in [6.07, 6.45) is 2.08. The van der Waals surface area contributed by atoms with Gasteiger partial charge in [-0.05, 0) is 36.9 Å². The van der Waals surface area contributed by atoms with Crippen LogP contribution in [0.15, 0.2) is 34.6 Å². The predicted octanol–water partition coefficient (Wildman–Crippen LogP) is 3.35. The Labute approximate surface area is 169 Å². The molecule has 1 unspecified atom stereocenters. The molecule has 2 aromatic rings. The molecule has 3 rings (SSSR count). The molecule has 136 valence electrons. The first kappa shape index (κ1) is 19.8. The Morgan fingerprint density at radius 1 is 1.48 bits per heavy atom. The van der Waals surface area contributed by atoms with E-state index in [0.717, 1.165) is 36.4 Å². The van der Waals surface area contributed by atoms with Crippen LogP contribution in [0.4, 0.5) is 0 Å². The molecule has 0 spiro atoms. The summed E-state index contributed by atoms with van der Waals surface area (Å²) in [6, 6.07) is 8.24. The van der Waals surface area contributed by atoms with Gasteiger partial charge in [0.1, 0.15) is 17.6 Å². The molecule has 3 N–H and O–H groups in total. The average Bonchev–Trinajstić information content (AvgIpc) is 3.20. The van der Waals surface area contributed by atoms with Crippen LogP contribution in [0, 0.1) is 0 Å². The Kier molecular flexibility index (Phi) is 7.37. The Morgan fingerprint density at radius 2 is 2.32 bits per heavy atom. The van der Waals surface area contributed by atoms with Gasteiger partial charge in [-0.25, -0.2) is 4.99 Å². The first-order valence-electron chi connectivity index (χ1n) is 8.08. The van der Waals surface area contributed by atoms with Gasteiger partial charge in [0.05, 0.1) is 13.7 Å². The predicted molar refractivity (Wildman–Crippen MR) is 114 cm³/mol. The number of halogens is 1. The summed E-state index contributed by atoms with van der Waals surface area (Å²) in [5.41, 5.74) is 8.13. The molecule has 1 aromatic carbocycles. The minimum Gasteiger partial charge on any atom is -0.496 e. The number of ether oxygens (including phenoxy) is 2. The van der Waals surface area contributed by atoms with Crippen LogP contribution >= 0.6 is 35.3 Å². The lowest BCUT2D eigenvalue weighted by Gasteiger charge is -2.10. The SMILES string of the molecule is COc1cc2c(cc1CN=C(N)NCCc1cccs1)OC(C)C2.I. The maximum atomic E-state index is 5.96. The molecule has 7 heteroatoms. The molecule has 1 atom stereocenters. The first-order valence-corrected chi connectivity index (χ1v) is 8.96. The zero-order chi connectivity index (χ0) is 16.9. The largest absolute Gasteiger partial charge is 0.496 e. The van der Waals surface area contributed by atoms with Crippen molar-refractivity contribution in [3.05, 3.63) is 45.6 Å². The van der Waals surface area contributed by atoms with E-state index >= 15 is 0 Å². The summed E-state index contributed by atoms with van der Waals surface area (Å²) in [4.78, 5) is 5.75. The van der Waals surface area contributed by atoms with Gasteiger partial charge in [-0.1, -0.05) is 6.07 Å². The molecule has 0 saturated carbocycles. The summed E-state index contributed by atoms with van der Waals surface area (Å²) in [7, 11) is 1.68. The highest BCUT2D eigenvalue weighted by molar-refractivity contribution is 14.0. The lowest BCUT2D eigenvalue weighted by Crippen LogP contribution is -2.33. The maximum absolute atomic E-state index is 5.96. The quantitative estimate of drug-likeness (QED) is 0.384. The number of rotatable bonds is 6. The summed E-state index contributed by atoms with van der Waals surface area (Å²) >= 11 is 1.75. The van der Waals surface area contributed by atoms with Crippen LogP contribution in [0.2, 0.25) is 0 Å². The smallest absolute Gasteiger partial charge is 0.188 e. The second-order valence-corrected chi connectivity index (χ2v) is 6.89. The van der Waals surface area contributed by atoms with Gasteiger partial charge in [-0.2, -0.15) is 0 Å². The lowest BCUT2D eigenvalue weighted by atomic mass is 10.1. The standard InChI is InChI=1S/C18H23N3O2S.HI/c1-12-8-13-9-16(22-2)14(10-17(13)23-12)11-21-18(19)20-6-5-15-4-3-7-24-15;/h3-4,7,9-10,12H,5-6,8,11H2,1-2H3,(H3,19,20,21);1H. The van der Waals surface area contributed by atoms with E-state index in [9.17, 15) is 0 Å². The third kappa shape index (κ3) is 5.24. The highest BCUT2D eigenvalue weighted by Crippen LogP contribution is 2.35. The van der Waals surface area contributed by atoms with Crippen molar-refractivity contribution >= 4 is 41.3 Å². The molecule has 0 radical (unpaired) electrons. The fourth-order valence-electron chi connectivity index (χ4n) is 2.79. The normalized spacial score (nSPS) is 15.9. The second-order valence-electron chi connectivity index (χ2n) is 5.86. The Hall–Kier alpha value is -1.48. The molecule has 1 aromatic heterocycles. The van der Waals surface area contributed by atoms with Crippen molar-refractivity contribution in [3.63, 3.8) is 0 Å². The number of methoxy groups -OCH3 is 1. The third-order valence-corrected chi connectivity index (χ3v) is 4.91. The van der Waals surface area contributed by atoms with Crippen molar-refractivity contribution in [2.75, 3.05) is 13.7 Å². The topological polar surface area (TPSA) is 68.9 Å². The van der Waals surface area contributed by atoms with Gasteiger partial charge >= 0.3 is 0 Å². The average molecular weight is 473 g/mol. The van der Waals surface area contributed by atoms with E-state index in [1.54, 1.807) is 18.4 Å². The summed E-state index contributed by atoms with van der Waals surface area (Å²) in [6.45, 7) is 3.31. The number of thiophene rings is 1. The second kappa shape index (κ2) is 9.28. The third-order valence-electron chi connectivity index (χ3n) is 3.98. The summed E-state index contributed by atoms with van der Waals surface area (Å²) in [5, 5.41) is 5.23. The number of hydrogen-bond acceptors (Lipinski definition) is 4. The van der Waals surface area contributed by atoms with Crippen molar-refractivity contribution < 1.29 is 9.47 Å². The number of hydrogen-bond donors (Lipinski definition) is 2. The molecule has 0 fully saturated rings. The van der Waals surface area contributed by atoms with Crippen LogP contribution in [-0.2, 0) is 19.4 Å². The molecule has 0 bridgehead atoms. The highest BCUT2D eigenvalue weighted by atomic mass is 127. The number of benzene rings is 1. The highest BCUT2D eigenvalue weighted by Gasteiger charge is 2.21. The maximum Gasteiger partial charge on any atom is 0.188 e. The Bertz CT molecular complexity index is 719. The molecule has 0 saturated heterocycles. The molecule has 1 aliphatic rings. The van der Waals surface area contributed by atoms with E-state index in [-0.39, 0.29) is 30.1 Å². The molecule has 0 aliphatic carbocycles. The minimum atomic E-state index is 0. The minimum absolute atomic E-state index is 0.